The van der Waals surface area contributed by atoms with E-state index >= 15 is 0 Å². The Morgan fingerprint density at radius 3 is 2.25 bits per heavy atom. The Balaban J connectivity index is 2.81. The van der Waals surface area contributed by atoms with Gasteiger partial charge in [-0.25, -0.2) is 8.42 Å². The SMILES string of the molecule is CC(CS(=O)(=O)N(CCCCl)C(C)C)c1ccccc1. The van der Waals surface area contributed by atoms with Crippen molar-refractivity contribution in [2.24, 2.45) is 0 Å². The van der Waals surface area contributed by atoms with E-state index in [0.29, 0.717) is 18.8 Å². The summed E-state index contributed by atoms with van der Waals surface area (Å²) in [6, 6.07) is 9.72. The van der Waals surface area contributed by atoms with E-state index in [4.69, 9.17) is 11.6 Å². The van der Waals surface area contributed by atoms with Crippen molar-refractivity contribution in [3.05, 3.63) is 35.9 Å². The molecule has 0 aliphatic heterocycles. The third kappa shape index (κ3) is 5.08. The van der Waals surface area contributed by atoms with Gasteiger partial charge in [0.15, 0.2) is 0 Å². The zero-order valence-corrected chi connectivity index (χ0v) is 14.0. The standard InChI is InChI=1S/C15H24ClNO2S/c1-13(2)17(11-7-10-16)20(18,19)12-14(3)15-8-5-4-6-9-15/h4-6,8-9,13-14H,7,10-12H2,1-3H3. The fourth-order valence-electron chi connectivity index (χ4n) is 2.22. The maximum atomic E-state index is 12.5. The van der Waals surface area contributed by atoms with Crippen LogP contribution in [0.5, 0.6) is 0 Å². The quantitative estimate of drug-likeness (QED) is 0.689. The third-order valence-electron chi connectivity index (χ3n) is 3.27. The predicted molar refractivity (Wildman–Crippen MR) is 85.8 cm³/mol. The molecule has 1 aromatic rings. The highest BCUT2D eigenvalue weighted by atomic mass is 35.5. The zero-order chi connectivity index (χ0) is 15.2. The topological polar surface area (TPSA) is 37.4 Å². The minimum atomic E-state index is -3.27. The number of sulfonamides is 1. The van der Waals surface area contributed by atoms with Crippen LogP contribution in [-0.4, -0.2) is 36.9 Å². The number of benzene rings is 1. The molecule has 1 atom stereocenters. The molecule has 1 rings (SSSR count). The summed E-state index contributed by atoms with van der Waals surface area (Å²) < 4.78 is 26.7. The fourth-order valence-corrected chi connectivity index (χ4v) is 4.41. The van der Waals surface area contributed by atoms with Crippen LogP contribution < -0.4 is 0 Å². The molecule has 0 fully saturated rings. The maximum absolute atomic E-state index is 12.5. The summed E-state index contributed by atoms with van der Waals surface area (Å²) in [5.74, 6) is 0.600. The van der Waals surface area contributed by atoms with Crippen molar-refractivity contribution in [3.8, 4) is 0 Å². The normalized spacial score (nSPS) is 13.9. The number of nitrogens with zero attached hydrogens (tertiary/aromatic N) is 1. The van der Waals surface area contributed by atoms with E-state index in [2.05, 4.69) is 0 Å². The molecule has 3 nitrogen and oxygen atoms in total. The van der Waals surface area contributed by atoms with Gasteiger partial charge in [-0.3, -0.25) is 0 Å². The van der Waals surface area contributed by atoms with Gasteiger partial charge in [-0.05, 0) is 31.7 Å². The first kappa shape index (κ1) is 17.5. The van der Waals surface area contributed by atoms with Crippen molar-refractivity contribution < 1.29 is 8.42 Å². The molecular weight excluding hydrogens is 294 g/mol. The number of rotatable bonds is 8. The Kier molecular flexibility index (Phi) is 7.00. The zero-order valence-electron chi connectivity index (χ0n) is 12.4. The van der Waals surface area contributed by atoms with Gasteiger partial charge in [-0.15, -0.1) is 11.6 Å². The van der Waals surface area contributed by atoms with Crippen molar-refractivity contribution in [2.75, 3.05) is 18.2 Å². The van der Waals surface area contributed by atoms with Crippen LogP contribution in [0.4, 0.5) is 0 Å². The molecular formula is C15H24ClNO2S. The molecule has 5 heteroatoms. The number of hydrogen-bond donors (Lipinski definition) is 0. The summed E-state index contributed by atoms with van der Waals surface area (Å²) >= 11 is 5.68. The molecule has 114 valence electrons. The Morgan fingerprint density at radius 2 is 1.75 bits per heavy atom. The highest BCUT2D eigenvalue weighted by molar-refractivity contribution is 7.89. The minimum Gasteiger partial charge on any atom is -0.212 e. The second-order valence-electron chi connectivity index (χ2n) is 5.34. The maximum Gasteiger partial charge on any atom is 0.214 e. The molecule has 0 saturated carbocycles. The summed E-state index contributed by atoms with van der Waals surface area (Å²) in [5.41, 5.74) is 1.05. The molecule has 0 N–H and O–H groups in total. The first-order valence-corrected chi connectivity index (χ1v) is 9.13. The first-order chi connectivity index (χ1) is 9.38. The van der Waals surface area contributed by atoms with Gasteiger partial charge in [-0.1, -0.05) is 37.3 Å². The van der Waals surface area contributed by atoms with E-state index in [1.807, 2.05) is 51.1 Å². The van der Waals surface area contributed by atoms with Gasteiger partial charge < -0.3 is 0 Å². The van der Waals surface area contributed by atoms with E-state index in [1.165, 1.54) is 0 Å². The van der Waals surface area contributed by atoms with Crippen LogP contribution in [0.3, 0.4) is 0 Å². The lowest BCUT2D eigenvalue weighted by atomic mass is 10.0. The van der Waals surface area contributed by atoms with E-state index in [1.54, 1.807) is 4.31 Å². The first-order valence-electron chi connectivity index (χ1n) is 6.99. The number of alkyl halides is 1. The largest absolute Gasteiger partial charge is 0.214 e. The van der Waals surface area contributed by atoms with Crippen LogP contribution in [0.25, 0.3) is 0 Å². The Morgan fingerprint density at radius 1 is 1.15 bits per heavy atom. The smallest absolute Gasteiger partial charge is 0.212 e. The summed E-state index contributed by atoms with van der Waals surface area (Å²) in [7, 11) is -3.27. The molecule has 1 aromatic carbocycles. The molecule has 20 heavy (non-hydrogen) atoms. The van der Waals surface area contributed by atoms with Gasteiger partial charge in [0.1, 0.15) is 0 Å². The fraction of sp³-hybridized carbons (Fsp3) is 0.600. The second kappa shape index (κ2) is 8.01. The number of hydrogen-bond acceptors (Lipinski definition) is 2. The van der Waals surface area contributed by atoms with Crippen LogP contribution in [0.1, 0.15) is 38.7 Å². The molecule has 0 aliphatic carbocycles. The molecule has 0 bridgehead atoms. The minimum absolute atomic E-state index is 0.0153. The third-order valence-corrected chi connectivity index (χ3v) is 5.78. The van der Waals surface area contributed by atoms with Crippen LogP contribution in [0.2, 0.25) is 0 Å². The van der Waals surface area contributed by atoms with E-state index in [9.17, 15) is 8.42 Å². The van der Waals surface area contributed by atoms with Crippen molar-refractivity contribution >= 4 is 21.6 Å². The van der Waals surface area contributed by atoms with Gasteiger partial charge in [-0.2, -0.15) is 4.31 Å². The lowest BCUT2D eigenvalue weighted by Gasteiger charge is -2.27. The van der Waals surface area contributed by atoms with Crippen LogP contribution >= 0.6 is 11.6 Å². The highest BCUT2D eigenvalue weighted by Gasteiger charge is 2.26. The van der Waals surface area contributed by atoms with Crippen LogP contribution in [-0.2, 0) is 10.0 Å². The van der Waals surface area contributed by atoms with Crippen molar-refractivity contribution in [1.82, 2.24) is 4.31 Å². The lowest BCUT2D eigenvalue weighted by molar-refractivity contribution is 0.353. The molecule has 0 aliphatic rings. The molecule has 0 aromatic heterocycles. The predicted octanol–water partition coefficient (Wildman–Crippen LogP) is 3.46. The molecule has 0 radical (unpaired) electrons. The lowest BCUT2D eigenvalue weighted by Crippen LogP contribution is -2.40. The van der Waals surface area contributed by atoms with Crippen molar-refractivity contribution in [3.63, 3.8) is 0 Å². The number of halogens is 1. The summed E-state index contributed by atoms with van der Waals surface area (Å²) in [5, 5.41) is 0. The van der Waals surface area contributed by atoms with Crippen molar-refractivity contribution in [1.29, 1.82) is 0 Å². The molecule has 0 amide bonds. The summed E-state index contributed by atoms with van der Waals surface area (Å²) in [6.07, 6.45) is 0.679. The average Bonchev–Trinajstić information content (AvgIpc) is 2.39. The van der Waals surface area contributed by atoms with E-state index < -0.39 is 10.0 Å². The molecule has 1 unspecified atom stereocenters. The molecule has 0 spiro atoms. The Bertz CT molecular complexity index is 488. The average molecular weight is 318 g/mol. The van der Waals surface area contributed by atoms with Crippen LogP contribution in [0.15, 0.2) is 30.3 Å². The second-order valence-corrected chi connectivity index (χ2v) is 7.68. The van der Waals surface area contributed by atoms with Gasteiger partial charge >= 0.3 is 0 Å². The van der Waals surface area contributed by atoms with Crippen molar-refractivity contribution in [2.45, 2.75) is 39.2 Å². The Hall–Kier alpha value is -0.580. The highest BCUT2D eigenvalue weighted by Crippen LogP contribution is 2.20. The Labute approximate surface area is 128 Å². The van der Waals surface area contributed by atoms with Gasteiger partial charge in [0.25, 0.3) is 0 Å². The van der Waals surface area contributed by atoms with Crippen LogP contribution in [0, 0.1) is 0 Å². The van der Waals surface area contributed by atoms with Gasteiger partial charge in [0.2, 0.25) is 10.0 Å². The molecule has 0 heterocycles. The van der Waals surface area contributed by atoms with E-state index in [-0.39, 0.29) is 17.7 Å². The molecule has 0 saturated heterocycles. The summed E-state index contributed by atoms with van der Waals surface area (Å²) in [6.45, 7) is 6.25. The summed E-state index contributed by atoms with van der Waals surface area (Å²) in [4.78, 5) is 0. The van der Waals surface area contributed by atoms with Gasteiger partial charge in [0, 0.05) is 18.5 Å². The van der Waals surface area contributed by atoms with Gasteiger partial charge in [0.05, 0.1) is 5.75 Å². The monoisotopic (exact) mass is 317 g/mol. The van der Waals surface area contributed by atoms with E-state index in [0.717, 1.165) is 5.56 Å².